The summed E-state index contributed by atoms with van der Waals surface area (Å²) in [6.07, 6.45) is 3.69. The summed E-state index contributed by atoms with van der Waals surface area (Å²) in [5.41, 5.74) is 6.48. The fraction of sp³-hybridized carbons (Fsp3) is 0.333. The molecule has 0 aromatic carbocycles. The van der Waals surface area contributed by atoms with Gasteiger partial charge < -0.3 is 11.1 Å². The predicted octanol–water partition coefficient (Wildman–Crippen LogP) is 0.556. The molecule has 4 heteroatoms. The van der Waals surface area contributed by atoms with Crippen molar-refractivity contribution in [3.05, 3.63) is 24.0 Å². The van der Waals surface area contributed by atoms with Crippen molar-refractivity contribution in [3.63, 3.8) is 0 Å². The summed E-state index contributed by atoms with van der Waals surface area (Å²) in [5, 5.41) is 2.84. The topological polar surface area (TPSA) is 68.0 Å². The molecule has 0 bridgehead atoms. The third-order valence-corrected chi connectivity index (χ3v) is 1.93. The molecular weight excluding hydrogens is 166 g/mol. The summed E-state index contributed by atoms with van der Waals surface area (Å²) in [7, 11) is 0. The molecule has 0 aliphatic heterocycles. The fourth-order valence-corrected chi connectivity index (χ4v) is 1.06. The molecule has 0 spiro atoms. The number of rotatable bonds is 2. The van der Waals surface area contributed by atoms with Gasteiger partial charge in [0.05, 0.1) is 0 Å². The van der Waals surface area contributed by atoms with E-state index in [0.717, 1.165) is 12.8 Å². The van der Waals surface area contributed by atoms with Gasteiger partial charge in [-0.05, 0) is 25.0 Å². The van der Waals surface area contributed by atoms with Crippen LogP contribution in [-0.4, -0.2) is 16.9 Å². The second-order valence-corrected chi connectivity index (χ2v) is 3.22. The number of nitrogens with zero attached hydrogens (tertiary/aromatic N) is 1. The zero-order valence-corrected chi connectivity index (χ0v) is 7.16. The van der Waals surface area contributed by atoms with Crippen LogP contribution in [0.5, 0.6) is 0 Å². The third-order valence-electron chi connectivity index (χ3n) is 1.93. The molecule has 0 radical (unpaired) electrons. The summed E-state index contributed by atoms with van der Waals surface area (Å²) >= 11 is 0. The summed E-state index contributed by atoms with van der Waals surface area (Å²) in [6, 6.07) is 3.60. The molecule has 0 saturated heterocycles. The molecule has 1 heterocycles. The number of amides is 1. The average molecular weight is 177 g/mol. The summed E-state index contributed by atoms with van der Waals surface area (Å²) in [6.45, 7) is 0. The van der Waals surface area contributed by atoms with Crippen molar-refractivity contribution in [2.75, 3.05) is 5.73 Å². The van der Waals surface area contributed by atoms with E-state index in [1.54, 1.807) is 12.1 Å². The van der Waals surface area contributed by atoms with E-state index in [2.05, 4.69) is 10.3 Å². The zero-order valence-electron chi connectivity index (χ0n) is 7.16. The first-order chi connectivity index (χ1) is 6.25. The number of anilines is 1. The van der Waals surface area contributed by atoms with Crippen LogP contribution < -0.4 is 11.1 Å². The van der Waals surface area contributed by atoms with Gasteiger partial charge in [0.1, 0.15) is 5.69 Å². The van der Waals surface area contributed by atoms with Crippen LogP contribution >= 0.6 is 0 Å². The number of carbonyl (C=O) groups is 1. The van der Waals surface area contributed by atoms with Crippen LogP contribution in [0.1, 0.15) is 23.3 Å². The average Bonchev–Trinajstić information content (AvgIpc) is 2.88. The largest absolute Gasteiger partial charge is 0.399 e. The molecule has 1 fully saturated rings. The van der Waals surface area contributed by atoms with E-state index in [4.69, 9.17) is 5.73 Å². The van der Waals surface area contributed by atoms with Crippen molar-refractivity contribution in [1.29, 1.82) is 0 Å². The lowest BCUT2D eigenvalue weighted by Crippen LogP contribution is -2.26. The molecule has 0 unspecified atom stereocenters. The first kappa shape index (κ1) is 8.04. The molecule has 1 amide bonds. The Balaban J connectivity index is 2.09. The maximum absolute atomic E-state index is 11.4. The summed E-state index contributed by atoms with van der Waals surface area (Å²) in [5.74, 6) is -0.130. The quantitative estimate of drug-likeness (QED) is 0.693. The Kier molecular flexibility index (Phi) is 1.88. The molecule has 4 nitrogen and oxygen atoms in total. The molecule has 3 N–H and O–H groups in total. The third kappa shape index (κ3) is 1.96. The van der Waals surface area contributed by atoms with Gasteiger partial charge in [-0.2, -0.15) is 0 Å². The van der Waals surface area contributed by atoms with Crippen molar-refractivity contribution >= 4 is 11.6 Å². The number of nitrogen functional groups attached to an aromatic ring is 1. The SMILES string of the molecule is Nc1ccnc(C(=O)NC2CC2)c1. The van der Waals surface area contributed by atoms with Crippen molar-refractivity contribution in [2.45, 2.75) is 18.9 Å². The normalized spacial score (nSPS) is 15.4. The van der Waals surface area contributed by atoms with E-state index >= 15 is 0 Å². The van der Waals surface area contributed by atoms with Gasteiger partial charge >= 0.3 is 0 Å². The number of hydrogen-bond acceptors (Lipinski definition) is 3. The van der Waals surface area contributed by atoms with E-state index < -0.39 is 0 Å². The number of aromatic nitrogens is 1. The molecule has 1 aromatic heterocycles. The highest BCUT2D eigenvalue weighted by molar-refractivity contribution is 5.93. The maximum Gasteiger partial charge on any atom is 0.270 e. The highest BCUT2D eigenvalue weighted by Gasteiger charge is 2.24. The second-order valence-electron chi connectivity index (χ2n) is 3.22. The van der Waals surface area contributed by atoms with Crippen molar-refractivity contribution in [2.24, 2.45) is 0 Å². The number of hydrogen-bond donors (Lipinski definition) is 2. The molecule has 13 heavy (non-hydrogen) atoms. The van der Waals surface area contributed by atoms with Crippen LogP contribution in [0, 0.1) is 0 Å². The minimum Gasteiger partial charge on any atom is -0.399 e. The minimum absolute atomic E-state index is 0.130. The fourth-order valence-electron chi connectivity index (χ4n) is 1.06. The van der Waals surface area contributed by atoms with E-state index in [1.807, 2.05) is 0 Å². The second kappa shape index (κ2) is 3.05. The Morgan fingerprint density at radius 2 is 2.38 bits per heavy atom. The Hall–Kier alpha value is -1.58. The van der Waals surface area contributed by atoms with E-state index in [1.165, 1.54) is 6.20 Å². The van der Waals surface area contributed by atoms with Gasteiger partial charge in [-0.1, -0.05) is 0 Å². The first-order valence-electron chi connectivity index (χ1n) is 4.28. The number of nitrogens with one attached hydrogen (secondary N) is 1. The van der Waals surface area contributed by atoms with Crippen LogP contribution in [0.4, 0.5) is 5.69 Å². The van der Waals surface area contributed by atoms with E-state index in [0.29, 0.717) is 17.4 Å². The molecule has 0 atom stereocenters. The van der Waals surface area contributed by atoms with Crippen LogP contribution in [-0.2, 0) is 0 Å². The number of pyridine rings is 1. The van der Waals surface area contributed by atoms with Gasteiger partial charge in [-0.3, -0.25) is 9.78 Å². The van der Waals surface area contributed by atoms with Gasteiger partial charge in [0.2, 0.25) is 0 Å². The Labute approximate surface area is 76.2 Å². The Bertz CT molecular complexity index is 333. The smallest absolute Gasteiger partial charge is 0.270 e. The van der Waals surface area contributed by atoms with Crippen LogP contribution in [0.25, 0.3) is 0 Å². The Morgan fingerprint density at radius 1 is 1.62 bits per heavy atom. The first-order valence-corrected chi connectivity index (χ1v) is 4.28. The predicted molar refractivity (Wildman–Crippen MR) is 49.1 cm³/mol. The summed E-state index contributed by atoms with van der Waals surface area (Å²) in [4.78, 5) is 15.3. The van der Waals surface area contributed by atoms with Crippen molar-refractivity contribution in [3.8, 4) is 0 Å². The number of carbonyl (C=O) groups excluding carboxylic acids is 1. The van der Waals surface area contributed by atoms with Crippen molar-refractivity contribution in [1.82, 2.24) is 10.3 Å². The molecule has 1 aromatic rings. The highest BCUT2D eigenvalue weighted by atomic mass is 16.2. The van der Waals surface area contributed by atoms with Gasteiger partial charge in [-0.15, -0.1) is 0 Å². The van der Waals surface area contributed by atoms with Crippen LogP contribution in [0.15, 0.2) is 18.3 Å². The lowest BCUT2D eigenvalue weighted by Gasteiger charge is -2.02. The number of nitrogens with two attached hydrogens (primary N) is 1. The van der Waals surface area contributed by atoms with E-state index in [-0.39, 0.29) is 5.91 Å². The van der Waals surface area contributed by atoms with Gasteiger partial charge in [-0.25, -0.2) is 0 Å². The van der Waals surface area contributed by atoms with E-state index in [9.17, 15) is 4.79 Å². The summed E-state index contributed by atoms with van der Waals surface area (Å²) < 4.78 is 0. The molecule has 1 saturated carbocycles. The molecule has 2 rings (SSSR count). The minimum atomic E-state index is -0.130. The standard InChI is InChI=1S/C9H11N3O/c10-6-3-4-11-8(5-6)9(13)12-7-1-2-7/h3-5,7H,1-2H2,(H2,10,11)(H,12,13). The molecule has 1 aliphatic rings. The molecule has 68 valence electrons. The maximum atomic E-state index is 11.4. The van der Waals surface area contributed by atoms with Crippen LogP contribution in [0.2, 0.25) is 0 Å². The molecule has 1 aliphatic carbocycles. The van der Waals surface area contributed by atoms with Gasteiger partial charge in [0.25, 0.3) is 5.91 Å². The lowest BCUT2D eigenvalue weighted by atomic mass is 10.3. The van der Waals surface area contributed by atoms with Gasteiger partial charge in [0.15, 0.2) is 0 Å². The Morgan fingerprint density at radius 3 is 3.00 bits per heavy atom. The highest BCUT2D eigenvalue weighted by Crippen LogP contribution is 2.19. The van der Waals surface area contributed by atoms with Crippen LogP contribution in [0.3, 0.4) is 0 Å². The monoisotopic (exact) mass is 177 g/mol. The van der Waals surface area contributed by atoms with Crippen molar-refractivity contribution < 1.29 is 4.79 Å². The zero-order chi connectivity index (χ0) is 9.26. The van der Waals surface area contributed by atoms with Gasteiger partial charge in [0, 0.05) is 17.9 Å². The molecular formula is C9H11N3O. The lowest BCUT2D eigenvalue weighted by molar-refractivity contribution is 0.0946.